The van der Waals surface area contributed by atoms with Crippen LogP contribution < -0.4 is 4.90 Å². The van der Waals surface area contributed by atoms with Gasteiger partial charge in [0, 0.05) is 18.9 Å². The molecule has 2 heterocycles. The molecule has 0 unspecified atom stereocenters. The van der Waals surface area contributed by atoms with Crippen molar-refractivity contribution in [1.29, 1.82) is 0 Å². The van der Waals surface area contributed by atoms with E-state index in [9.17, 15) is 0 Å². The zero-order valence-electron chi connectivity index (χ0n) is 6.46. The zero-order valence-corrected chi connectivity index (χ0v) is 6.46. The van der Waals surface area contributed by atoms with E-state index < -0.39 is 0 Å². The molecule has 0 aliphatic carbocycles. The Hall–Kier alpha value is -1.71. The minimum atomic E-state index is 0.820. The van der Waals surface area contributed by atoms with Crippen LogP contribution in [0.4, 0.5) is 5.82 Å². The highest BCUT2D eigenvalue weighted by atomic mass is 15.2. The summed E-state index contributed by atoms with van der Waals surface area (Å²) in [5, 5.41) is 0. The highest BCUT2D eigenvalue weighted by molar-refractivity contribution is 5.78. The number of aliphatic imine (C=N–C) groups is 1. The second kappa shape index (κ2) is 3.13. The van der Waals surface area contributed by atoms with Crippen LogP contribution in [-0.2, 0) is 0 Å². The Balaban J connectivity index is 2.21. The third-order valence-electron chi connectivity index (χ3n) is 1.56. The first-order valence-electron chi connectivity index (χ1n) is 3.68. The molecular formula is C8H8N4. The summed E-state index contributed by atoms with van der Waals surface area (Å²) in [5.74, 6) is 0.873. The number of anilines is 1. The first-order chi connectivity index (χ1) is 5.97. The predicted octanol–water partition coefficient (Wildman–Crippen LogP) is 0.839. The van der Waals surface area contributed by atoms with E-state index in [4.69, 9.17) is 0 Å². The topological polar surface area (TPSA) is 41.4 Å². The van der Waals surface area contributed by atoms with Gasteiger partial charge < -0.3 is 4.90 Å². The Morgan fingerprint density at radius 3 is 3.08 bits per heavy atom. The molecule has 0 radical (unpaired) electrons. The Bertz CT molecular complexity index is 304. The van der Waals surface area contributed by atoms with Gasteiger partial charge in [-0.2, -0.15) is 0 Å². The molecule has 0 saturated carbocycles. The minimum absolute atomic E-state index is 0.820. The van der Waals surface area contributed by atoms with Crippen molar-refractivity contribution in [2.24, 2.45) is 4.99 Å². The molecule has 0 bridgehead atoms. The van der Waals surface area contributed by atoms with Crippen LogP contribution in [0.25, 0.3) is 0 Å². The summed E-state index contributed by atoms with van der Waals surface area (Å²) in [6.45, 7) is 0.820. The molecule has 2 rings (SSSR count). The maximum atomic E-state index is 4.09. The Labute approximate surface area is 70.3 Å². The fourth-order valence-corrected chi connectivity index (χ4v) is 0.994. The number of rotatable bonds is 1. The molecule has 0 spiro atoms. The Morgan fingerprint density at radius 1 is 1.42 bits per heavy atom. The summed E-state index contributed by atoms with van der Waals surface area (Å²) in [6.07, 6.45) is 8.75. The molecule has 1 aromatic rings. The number of hydrogen-bond donors (Lipinski definition) is 0. The third-order valence-corrected chi connectivity index (χ3v) is 1.56. The summed E-state index contributed by atoms with van der Waals surface area (Å²) in [6, 6.07) is 1.85. The maximum Gasteiger partial charge on any atom is 0.137 e. The molecular weight excluding hydrogens is 152 g/mol. The van der Waals surface area contributed by atoms with Crippen LogP contribution in [0, 0.1) is 0 Å². The Morgan fingerprint density at radius 2 is 2.42 bits per heavy atom. The predicted molar refractivity (Wildman–Crippen MR) is 47.0 cm³/mol. The van der Waals surface area contributed by atoms with Gasteiger partial charge in [0.05, 0.1) is 6.34 Å². The molecule has 1 aliphatic heterocycles. The quantitative estimate of drug-likeness (QED) is 0.611. The van der Waals surface area contributed by atoms with Gasteiger partial charge in [0.25, 0.3) is 0 Å². The van der Waals surface area contributed by atoms with Crippen LogP contribution in [0.5, 0.6) is 0 Å². The lowest BCUT2D eigenvalue weighted by Gasteiger charge is -2.17. The lowest BCUT2D eigenvalue weighted by atomic mass is 10.4. The molecule has 0 N–H and O–H groups in total. The lowest BCUT2D eigenvalue weighted by molar-refractivity contribution is 1.05. The fourth-order valence-electron chi connectivity index (χ4n) is 0.994. The highest BCUT2D eigenvalue weighted by Gasteiger charge is 2.03. The first-order valence-corrected chi connectivity index (χ1v) is 3.68. The highest BCUT2D eigenvalue weighted by Crippen LogP contribution is 2.07. The van der Waals surface area contributed by atoms with Crippen LogP contribution in [0.2, 0.25) is 0 Å². The second-order valence-electron chi connectivity index (χ2n) is 2.37. The van der Waals surface area contributed by atoms with Crippen LogP contribution >= 0.6 is 0 Å². The smallest absolute Gasteiger partial charge is 0.137 e. The largest absolute Gasteiger partial charge is 0.313 e. The average molecular weight is 160 g/mol. The van der Waals surface area contributed by atoms with E-state index in [-0.39, 0.29) is 0 Å². The van der Waals surface area contributed by atoms with E-state index in [2.05, 4.69) is 15.0 Å². The average Bonchev–Trinajstić information content (AvgIpc) is 2.21. The summed E-state index contributed by atoms with van der Waals surface area (Å²) < 4.78 is 0. The number of hydrogen-bond acceptors (Lipinski definition) is 4. The second-order valence-corrected chi connectivity index (χ2v) is 2.37. The van der Waals surface area contributed by atoms with Gasteiger partial charge in [-0.15, -0.1) is 0 Å². The molecule has 0 saturated heterocycles. The van der Waals surface area contributed by atoms with E-state index >= 15 is 0 Å². The molecule has 0 atom stereocenters. The van der Waals surface area contributed by atoms with E-state index in [0.29, 0.717) is 0 Å². The molecule has 1 aromatic heterocycles. The van der Waals surface area contributed by atoms with Crippen molar-refractivity contribution < 1.29 is 0 Å². The number of aromatic nitrogens is 2. The van der Waals surface area contributed by atoms with E-state index in [0.717, 1.165) is 12.4 Å². The lowest BCUT2D eigenvalue weighted by Crippen LogP contribution is -2.23. The minimum Gasteiger partial charge on any atom is -0.313 e. The van der Waals surface area contributed by atoms with Gasteiger partial charge in [-0.05, 0) is 12.1 Å². The van der Waals surface area contributed by atoms with Crippen molar-refractivity contribution in [1.82, 2.24) is 9.97 Å². The SMILES string of the molecule is C1=CN=CN(c2ccncn2)C1. The van der Waals surface area contributed by atoms with Gasteiger partial charge in [0.1, 0.15) is 12.1 Å². The van der Waals surface area contributed by atoms with E-state index in [1.165, 1.54) is 6.33 Å². The van der Waals surface area contributed by atoms with Gasteiger partial charge >= 0.3 is 0 Å². The van der Waals surface area contributed by atoms with E-state index in [1.807, 2.05) is 17.0 Å². The van der Waals surface area contributed by atoms with Crippen molar-refractivity contribution in [2.75, 3.05) is 11.4 Å². The summed E-state index contributed by atoms with van der Waals surface area (Å²) in [5.41, 5.74) is 0. The van der Waals surface area contributed by atoms with Crippen LogP contribution in [-0.4, -0.2) is 22.9 Å². The van der Waals surface area contributed by atoms with Gasteiger partial charge in [0.15, 0.2) is 0 Å². The van der Waals surface area contributed by atoms with Gasteiger partial charge in [-0.25, -0.2) is 15.0 Å². The first kappa shape index (κ1) is 6.97. The normalized spacial score (nSPS) is 15.2. The third kappa shape index (κ3) is 1.32. The van der Waals surface area contributed by atoms with Crippen molar-refractivity contribution in [3.05, 3.63) is 30.9 Å². The standard InChI is InChI=1S/C8H8N4/c1-3-10-7-12(5-1)8-2-4-9-6-11-8/h1-4,6-7H,5H2. The molecule has 4 heteroatoms. The van der Waals surface area contributed by atoms with Crippen molar-refractivity contribution >= 4 is 12.2 Å². The molecule has 12 heavy (non-hydrogen) atoms. The van der Waals surface area contributed by atoms with Crippen molar-refractivity contribution in [2.45, 2.75) is 0 Å². The van der Waals surface area contributed by atoms with Gasteiger partial charge in [0.2, 0.25) is 0 Å². The van der Waals surface area contributed by atoms with Crippen LogP contribution in [0.1, 0.15) is 0 Å². The van der Waals surface area contributed by atoms with Gasteiger partial charge in [-0.1, -0.05) is 0 Å². The van der Waals surface area contributed by atoms with Crippen molar-refractivity contribution in [3.63, 3.8) is 0 Å². The molecule has 0 amide bonds. The van der Waals surface area contributed by atoms with Crippen LogP contribution in [0.15, 0.2) is 35.9 Å². The van der Waals surface area contributed by atoms with Gasteiger partial charge in [-0.3, -0.25) is 0 Å². The number of nitrogens with zero attached hydrogens (tertiary/aromatic N) is 4. The Kier molecular flexibility index (Phi) is 1.82. The van der Waals surface area contributed by atoms with E-state index in [1.54, 1.807) is 18.7 Å². The fraction of sp³-hybridized carbons (Fsp3) is 0.125. The molecule has 0 fully saturated rings. The van der Waals surface area contributed by atoms with Crippen molar-refractivity contribution in [3.8, 4) is 0 Å². The summed E-state index contributed by atoms with van der Waals surface area (Å²) >= 11 is 0. The zero-order chi connectivity index (χ0) is 8.23. The molecule has 1 aliphatic rings. The maximum absolute atomic E-state index is 4.09. The van der Waals surface area contributed by atoms with Crippen LogP contribution in [0.3, 0.4) is 0 Å². The molecule has 4 nitrogen and oxygen atoms in total. The molecule has 0 aromatic carbocycles. The molecule has 60 valence electrons. The monoisotopic (exact) mass is 160 g/mol. The summed E-state index contributed by atoms with van der Waals surface area (Å²) in [7, 11) is 0. The summed E-state index contributed by atoms with van der Waals surface area (Å²) in [4.78, 5) is 13.9.